The monoisotopic (exact) mass is 514 g/mol. The molecule has 1 N–H and O–H groups in total. The number of amides is 1. The van der Waals surface area contributed by atoms with Gasteiger partial charge >= 0.3 is 0 Å². The summed E-state index contributed by atoms with van der Waals surface area (Å²) in [5.74, 6) is -0.682. The SMILES string of the molecule is Cc1ccc(-c2cc(C(=O)N[C@@H](C)c3ccc(Cl)cn3)cc(C3=NOC(c4ccccn4)C3)c2)c(F)c1. The lowest BCUT2D eigenvalue weighted by atomic mass is 9.94. The summed E-state index contributed by atoms with van der Waals surface area (Å²) in [7, 11) is 0. The van der Waals surface area contributed by atoms with Crippen molar-refractivity contribution in [1.82, 2.24) is 15.3 Å². The molecule has 1 aliphatic heterocycles. The van der Waals surface area contributed by atoms with Crippen molar-refractivity contribution in [3.05, 3.63) is 118 Å². The van der Waals surface area contributed by atoms with Crippen molar-refractivity contribution >= 4 is 23.2 Å². The molecule has 1 amide bonds. The summed E-state index contributed by atoms with van der Waals surface area (Å²) in [4.78, 5) is 27.6. The van der Waals surface area contributed by atoms with E-state index < -0.39 is 0 Å². The molecule has 2 atom stereocenters. The minimum atomic E-state index is -0.367. The Labute approximate surface area is 219 Å². The highest BCUT2D eigenvalue weighted by molar-refractivity contribution is 6.30. The van der Waals surface area contributed by atoms with E-state index in [9.17, 15) is 9.18 Å². The summed E-state index contributed by atoms with van der Waals surface area (Å²) in [5.41, 5.74) is 4.93. The molecule has 0 radical (unpaired) electrons. The third kappa shape index (κ3) is 5.52. The van der Waals surface area contributed by atoms with Gasteiger partial charge in [0.1, 0.15) is 5.82 Å². The van der Waals surface area contributed by atoms with E-state index in [1.54, 1.807) is 36.5 Å². The van der Waals surface area contributed by atoms with Crippen LogP contribution in [-0.2, 0) is 4.84 Å². The highest BCUT2D eigenvalue weighted by Gasteiger charge is 2.26. The second-order valence-electron chi connectivity index (χ2n) is 8.97. The van der Waals surface area contributed by atoms with Crippen LogP contribution in [0.2, 0.25) is 5.02 Å². The Morgan fingerprint density at radius 1 is 1.08 bits per heavy atom. The van der Waals surface area contributed by atoms with Gasteiger partial charge in [0, 0.05) is 35.5 Å². The van der Waals surface area contributed by atoms with E-state index in [1.165, 1.54) is 12.3 Å². The van der Waals surface area contributed by atoms with Crippen LogP contribution in [0.15, 0.2) is 84.3 Å². The first-order chi connectivity index (χ1) is 17.9. The second-order valence-corrected chi connectivity index (χ2v) is 9.41. The number of hydrogen-bond acceptors (Lipinski definition) is 5. The number of oxime groups is 1. The molecule has 2 aromatic heterocycles. The highest BCUT2D eigenvalue weighted by Crippen LogP contribution is 2.32. The van der Waals surface area contributed by atoms with Crippen LogP contribution >= 0.6 is 11.6 Å². The first kappa shape index (κ1) is 24.6. The number of aromatic nitrogens is 2. The number of carbonyl (C=O) groups is 1. The predicted octanol–water partition coefficient (Wildman–Crippen LogP) is 6.60. The molecule has 4 aromatic rings. The molecule has 0 bridgehead atoms. The summed E-state index contributed by atoms with van der Waals surface area (Å²) in [6.07, 6.45) is 3.39. The average Bonchev–Trinajstić information content (AvgIpc) is 3.40. The zero-order valence-electron chi connectivity index (χ0n) is 20.3. The third-order valence-electron chi connectivity index (χ3n) is 6.19. The first-order valence-corrected chi connectivity index (χ1v) is 12.2. The minimum absolute atomic E-state index is 0.319. The van der Waals surface area contributed by atoms with Gasteiger partial charge in [-0.15, -0.1) is 0 Å². The Kier molecular flexibility index (Phi) is 6.97. The molecule has 0 saturated carbocycles. The van der Waals surface area contributed by atoms with Crippen molar-refractivity contribution < 1.29 is 14.0 Å². The van der Waals surface area contributed by atoms with Gasteiger partial charge in [-0.2, -0.15) is 0 Å². The molecule has 1 unspecified atom stereocenters. The highest BCUT2D eigenvalue weighted by atomic mass is 35.5. The smallest absolute Gasteiger partial charge is 0.251 e. The van der Waals surface area contributed by atoms with Gasteiger partial charge in [0.05, 0.1) is 28.2 Å². The van der Waals surface area contributed by atoms with E-state index >= 15 is 0 Å². The number of nitrogens with zero attached hydrogens (tertiary/aromatic N) is 3. The molecule has 3 heterocycles. The van der Waals surface area contributed by atoms with E-state index in [1.807, 2.05) is 44.2 Å². The van der Waals surface area contributed by atoms with E-state index in [0.717, 1.165) is 11.3 Å². The fraction of sp³-hybridized carbons (Fsp3) is 0.172. The Hall–Kier alpha value is -4.10. The third-order valence-corrected chi connectivity index (χ3v) is 6.42. The Bertz CT molecular complexity index is 1480. The number of carbonyl (C=O) groups excluding carboxylic acids is 1. The largest absolute Gasteiger partial charge is 0.385 e. The fourth-order valence-electron chi connectivity index (χ4n) is 4.21. The lowest BCUT2D eigenvalue weighted by Gasteiger charge is -2.15. The van der Waals surface area contributed by atoms with Gasteiger partial charge in [0.2, 0.25) is 0 Å². The maximum atomic E-state index is 14.9. The summed E-state index contributed by atoms with van der Waals surface area (Å²) in [6, 6.07) is 19.0. The number of halogens is 2. The molecule has 0 aliphatic carbocycles. The second kappa shape index (κ2) is 10.5. The number of benzene rings is 2. The average molecular weight is 515 g/mol. The van der Waals surface area contributed by atoms with Crippen LogP contribution in [0.4, 0.5) is 4.39 Å². The predicted molar refractivity (Wildman–Crippen MR) is 141 cm³/mol. The lowest BCUT2D eigenvalue weighted by molar-refractivity contribution is 0.0826. The molecule has 37 heavy (non-hydrogen) atoms. The number of nitrogens with one attached hydrogen (secondary N) is 1. The number of aryl methyl sites for hydroxylation is 1. The summed E-state index contributed by atoms with van der Waals surface area (Å²) in [5, 5.41) is 7.77. The fourth-order valence-corrected chi connectivity index (χ4v) is 4.32. The molecular formula is C29H24ClFN4O2. The van der Waals surface area contributed by atoms with Crippen molar-refractivity contribution in [3.8, 4) is 11.1 Å². The maximum absolute atomic E-state index is 14.9. The van der Waals surface area contributed by atoms with Crippen LogP contribution < -0.4 is 5.32 Å². The first-order valence-electron chi connectivity index (χ1n) is 11.9. The number of pyridine rings is 2. The molecule has 186 valence electrons. The van der Waals surface area contributed by atoms with Crippen molar-refractivity contribution in [2.75, 3.05) is 0 Å². The van der Waals surface area contributed by atoms with E-state index in [2.05, 4.69) is 20.4 Å². The summed E-state index contributed by atoms with van der Waals surface area (Å²) >= 11 is 5.94. The Balaban J connectivity index is 1.48. The molecule has 0 saturated heterocycles. The van der Waals surface area contributed by atoms with Crippen LogP contribution in [0.1, 0.15) is 58.4 Å². The van der Waals surface area contributed by atoms with Gasteiger partial charge in [-0.25, -0.2) is 4.39 Å². The Morgan fingerprint density at radius 3 is 2.65 bits per heavy atom. The zero-order chi connectivity index (χ0) is 25.9. The molecule has 2 aromatic carbocycles. The molecule has 6 nitrogen and oxygen atoms in total. The number of hydrogen-bond donors (Lipinski definition) is 1. The Morgan fingerprint density at radius 2 is 1.92 bits per heavy atom. The van der Waals surface area contributed by atoms with E-state index in [-0.39, 0.29) is 23.9 Å². The van der Waals surface area contributed by atoms with Gasteiger partial charge in [-0.3, -0.25) is 14.8 Å². The van der Waals surface area contributed by atoms with Crippen LogP contribution in [-0.4, -0.2) is 21.6 Å². The normalized spacial score (nSPS) is 15.6. The zero-order valence-corrected chi connectivity index (χ0v) is 21.0. The van der Waals surface area contributed by atoms with Gasteiger partial charge in [-0.05, 0) is 73.5 Å². The summed E-state index contributed by atoms with van der Waals surface area (Å²) < 4.78 is 14.9. The molecule has 5 rings (SSSR count). The van der Waals surface area contributed by atoms with Crippen LogP contribution in [0.25, 0.3) is 11.1 Å². The van der Waals surface area contributed by atoms with Gasteiger partial charge < -0.3 is 10.2 Å². The standard InChI is InChI=1S/C29H24ClFN4O2/c1-17-6-8-23(24(31)11-17)19-12-20(27-15-28(37-35-27)26-5-3-4-10-32-26)14-21(13-19)29(36)34-18(2)25-9-7-22(30)16-33-25/h3-14,16,18,28H,15H2,1-2H3,(H,34,36)/t18-,28?/m0/s1. The molecular weight excluding hydrogens is 491 g/mol. The molecule has 8 heteroatoms. The van der Waals surface area contributed by atoms with Crippen LogP contribution in [0.5, 0.6) is 0 Å². The van der Waals surface area contributed by atoms with Crippen LogP contribution in [0.3, 0.4) is 0 Å². The van der Waals surface area contributed by atoms with Gasteiger partial charge in [0.15, 0.2) is 6.10 Å². The van der Waals surface area contributed by atoms with Gasteiger partial charge in [0.25, 0.3) is 5.91 Å². The lowest BCUT2D eigenvalue weighted by Crippen LogP contribution is -2.27. The van der Waals surface area contributed by atoms with Crippen molar-refractivity contribution in [1.29, 1.82) is 0 Å². The van der Waals surface area contributed by atoms with E-state index in [0.29, 0.717) is 45.1 Å². The van der Waals surface area contributed by atoms with E-state index in [4.69, 9.17) is 16.4 Å². The quantitative estimate of drug-likeness (QED) is 0.314. The van der Waals surface area contributed by atoms with Crippen molar-refractivity contribution in [3.63, 3.8) is 0 Å². The molecule has 1 aliphatic rings. The number of rotatable bonds is 6. The maximum Gasteiger partial charge on any atom is 0.251 e. The van der Waals surface area contributed by atoms with Gasteiger partial charge in [-0.1, -0.05) is 35.0 Å². The van der Waals surface area contributed by atoms with Crippen LogP contribution in [0, 0.1) is 12.7 Å². The topological polar surface area (TPSA) is 76.5 Å². The molecule has 0 spiro atoms. The molecule has 0 fully saturated rings. The summed E-state index contributed by atoms with van der Waals surface area (Å²) in [6.45, 7) is 3.67. The van der Waals surface area contributed by atoms with Crippen molar-refractivity contribution in [2.24, 2.45) is 5.16 Å². The minimum Gasteiger partial charge on any atom is -0.385 e. The van der Waals surface area contributed by atoms with Crippen molar-refractivity contribution in [2.45, 2.75) is 32.4 Å².